The summed E-state index contributed by atoms with van der Waals surface area (Å²) in [5.74, 6) is 0.679. The summed E-state index contributed by atoms with van der Waals surface area (Å²) < 4.78 is 34.6. The van der Waals surface area contributed by atoms with Gasteiger partial charge in [0.2, 0.25) is 10.0 Å². The Morgan fingerprint density at radius 1 is 1.18 bits per heavy atom. The Morgan fingerprint density at radius 3 is 2.61 bits per heavy atom. The van der Waals surface area contributed by atoms with Gasteiger partial charge in [-0.3, -0.25) is 0 Å². The van der Waals surface area contributed by atoms with Crippen molar-refractivity contribution in [2.45, 2.75) is 37.7 Å². The zero-order valence-corrected chi connectivity index (χ0v) is 17.9. The molecule has 5 nitrogen and oxygen atoms in total. The average Bonchev–Trinajstić information content (AvgIpc) is 3.11. The predicted octanol–water partition coefficient (Wildman–Crippen LogP) is 4.18. The summed E-state index contributed by atoms with van der Waals surface area (Å²) in [6.45, 7) is 5.92. The van der Waals surface area contributed by atoms with Crippen LogP contribution in [0.4, 0.5) is 0 Å². The lowest BCUT2D eigenvalue weighted by Gasteiger charge is -2.22. The fraction of sp³-hybridized carbons (Fsp3) is 0.333. The molecule has 150 valence electrons. The third-order valence-corrected chi connectivity index (χ3v) is 7.25. The number of aliphatic hydroxyl groups is 1. The van der Waals surface area contributed by atoms with E-state index in [2.05, 4.69) is 4.72 Å². The van der Waals surface area contributed by atoms with Gasteiger partial charge < -0.3 is 9.84 Å². The highest BCUT2D eigenvalue weighted by Gasteiger charge is 2.28. The van der Waals surface area contributed by atoms with Crippen LogP contribution in [0.3, 0.4) is 0 Å². The molecule has 3 aromatic rings. The van der Waals surface area contributed by atoms with Crippen molar-refractivity contribution >= 4 is 31.4 Å². The fourth-order valence-electron chi connectivity index (χ4n) is 2.82. The molecule has 0 aliphatic heterocycles. The van der Waals surface area contributed by atoms with Gasteiger partial charge in [0.25, 0.3) is 0 Å². The molecule has 0 saturated carbocycles. The fourth-order valence-corrected chi connectivity index (χ4v) is 5.14. The Labute approximate surface area is 170 Å². The topological polar surface area (TPSA) is 75.6 Å². The van der Waals surface area contributed by atoms with E-state index >= 15 is 0 Å². The van der Waals surface area contributed by atoms with E-state index in [-0.39, 0.29) is 11.4 Å². The van der Waals surface area contributed by atoms with E-state index in [4.69, 9.17) is 4.74 Å². The van der Waals surface area contributed by atoms with E-state index in [0.29, 0.717) is 12.4 Å². The molecule has 0 radical (unpaired) electrons. The number of benzene rings is 2. The van der Waals surface area contributed by atoms with Crippen LogP contribution < -0.4 is 9.46 Å². The number of thiophene rings is 1. The molecule has 1 unspecified atom stereocenters. The van der Waals surface area contributed by atoms with Gasteiger partial charge in [0.15, 0.2) is 0 Å². The Kier molecular flexibility index (Phi) is 6.09. The molecule has 28 heavy (non-hydrogen) atoms. The standard InChI is InChI=1S/C21H25NO4S2/c1-4-11-26-18-10-9-17(12-15(18)2)28(24,25)22-14-21(3,23)20-13-16-7-5-6-8-19(16)27-20/h5-10,12-13,22-23H,4,11,14H2,1-3H3. The van der Waals surface area contributed by atoms with E-state index < -0.39 is 15.6 Å². The first-order valence-corrected chi connectivity index (χ1v) is 11.5. The molecule has 0 fully saturated rings. The van der Waals surface area contributed by atoms with Crippen LogP contribution in [-0.2, 0) is 15.6 Å². The van der Waals surface area contributed by atoms with Gasteiger partial charge in [0.05, 0.1) is 11.5 Å². The number of nitrogens with one attached hydrogen (secondary N) is 1. The van der Waals surface area contributed by atoms with Crippen LogP contribution >= 0.6 is 11.3 Å². The van der Waals surface area contributed by atoms with Crippen LogP contribution in [0.2, 0.25) is 0 Å². The lowest BCUT2D eigenvalue weighted by molar-refractivity contribution is 0.0666. The maximum Gasteiger partial charge on any atom is 0.240 e. The molecule has 0 aliphatic carbocycles. The Balaban J connectivity index is 1.75. The molecular formula is C21H25NO4S2. The third kappa shape index (κ3) is 4.55. The molecule has 1 heterocycles. The quantitative estimate of drug-likeness (QED) is 0.574. The number of hydrogen-bond acceptors (Lipinski definition) is 5. The van der Waals surface area contributed by atoms with Crippen molar-refractivity contribution in [3.8, 4) is 5.75 Å². The first kappa shape index (κ1) is 20.8. The number of aryl methyl sites for hydroxylation is 1. The van der Waals surface area contributed by atoms with Crippen molar-refractivity contribution in [1.29, 1.82) is 0 Å². The predicted molar refractivity (Wildman–Crippen MR) is 114 cm³/mol. The molecule has 2 N–H and O–H groups in total. The maximum absolute atomic E-state index is 12.7. The van der Waals surface area contributed by atoms with E-state index in [1.54, 1.807) is 19.1 Å². The van der Waals surface area contributed by atoms with Crippen LogP contribution in [0, 0.1) is 6.92 Å². The average molecular weight is 420 g/mol. The van der Waals surface area contributed by atoms with E-state index in [1.165, 1.54) is 17.4 Å². The van der Waals surface area contributed by atoms with Crippen molar-refractivity contribution in [3.63, 3.8) is 0 Å². The number of ether oxygens (including phenoxy) is 1. The zero-order valence-electron chi connectivity index (χ0n) is 16.2. The van der Waals surface area contributed by atoms with Gasteiger partial charge in [-0.25, -0.2) is 13.1 Å². The highest BCUT2D eigenvalue weighted by Crippen LogP contribution is 2.33. The van der Waals surface area contributed by atoms with Crippen LogP contribution in [0.15, 0.2) is 53.4 Å². The van der Waals surface area contributed by atoms with Gasteiger partial charge in [-0.1, -0.05) is 25.1 Å². The Bertz CT molecular complexity index is 1040. The summed E-state index contributed by atoms with van der Waals surface area (Å²) in [5.41, 5.74) is -0.553. The third-order valence-electron chi connectivity index (χ3n) is 4.48. The second kappa shape index (κ2) is 8.21. The molecule has 0 saturated heterocycles. The minimum absolute atomic E-state index is 0.116. The highest BCUT2D eigenvalue weighted by molar-refractivity contribution is 7.89. The van der Waals surface area contributed by atoms with Gasteiger partial charge in [0.1, 0.15) is 11.4 Å². The van der Waals surface area contributed by atoms with Gasteiger partial charge in [-0.05, 0) is 61.5 Å². The molecule has 0 spiro atoms. The minimum atomic E-state index is -3.75. The first-order chi connectivity index (χ1) is 13.2. The molecular weight excluding hydrogens is 394 g/mol. The minimum Gasteiger partial charge on any atom is -0.493 e. The first-order valence-electron chi connectivity index (χ1n) is 9.17. The second-order valence-corrected chi connectivity index (χ2v) is 9.87. The summed E-state index contributed by atoms with van der Waals surface area (Å²) in [7, 11) is -3.75. The SMILES string of the molecule is CCCOc1ccc(S(=O)(=O)NCC(C)(O)c2cc3ccccc3s2)cc1C. The summed E-state index contributed by atoms with van der Waals surface area (Å²) >= 11 is 1.46. The van der Waals surface area contributed by atoms with Gasteiger partial charge in [-0.15, -0.1) is 11.3 Å². The number of sulfonamides is 1. The Morgan fingerprint density at radius 2 is 1.93 bits per heavy atom. The van der Waals surface area contributed by atoms with Crippen molar-refractivity contribution in [2.75, 3.05) is 13.2 Å². The van der Waals surface area contributed by atoms with E-state index in [1.807, 2.05) is 44.2 Å². The van der Waals surface area contributed by atoms with Crippen molar-refractivity contribution < 1.29 is 18.3 Å². The smallest absolute Gasteiger partial charge is 0.240 e. The maximum atomic E-state index is 12.7. The molecule has 0 bridgehead atoms. The van der Waals surface area contributed by atoms with Crippen molar-refractivity contribution in [1.82, 2.24) is 4.72 Å². The summed E-state index contributed by atoms with van der Waals surface area (Å²) in [4.78, 5) is 0.872. The second-order valence-electron chi connectivity index (χ2n) is 7.02. The molecule has 7 heteroatoms. The van der Waals surface area contributed by atoms with Crippen molar-refractivity contribution in [2.24, 2.45) is 0 Å². The molecule has 0 aliphatic rings. The Hall–Kier alpha value is -1.93. The lowest BCUT2D eigenvalue weighted by atomic mass is 10.1. The van der Waals surface area contributed by atoms with Crippen LogP contribution in [0.25, 0.3) is 10.1 Å². The van der Waals surface area contributed by atoms with E-state index in [9.17, 15) is 13.5 Å². The van der Waals surface area contributed by atoms with Gasteiger partial charge in [0, 0.05) is 16.1 Å². The largest absolute Gasteiger partial charge is 0.493 e. The summed E-state index contributed by atoms with van der Waals surface area (Å²) in [6.07, 6.45) is 0.883. The molecule has 1 atom stereocenters. The number of fused-ring (bicyclic) bond motifs is 1. The molecule has 2 aromatic carbocycles. The molecule has 1 aromatic heterocycles. The number of hydrogen-bond donors (Lipinski definition) is 2. The number of rotatable bonds is 8. The highest BCUT2D eigenvalue weighted by atomic mass is 32.2. The van der Waals surface area contributed by atoms with Crippen molar-refractivity contribution in [3.05, 3.63) is 59.0 Å². The van der Waals surface area contributed by atoms with Gasteiger partial charge >= 0.3 is 0 Å². The zero-order chi connectivity index (χ0) is 20.4. The lowest BCUT2D eigenvalue weighted by Crippen LogP contribution is -2.38. The summed E-state index contributed by atoms with van der Waals surface area (Å²) in [6, 6.07) is 14.5. The summed E-state index contributed by atoms with van der Waals surface area (Å²) in [5, 5.41) is 11.9. The normalized spacial score (nSPS) is 14.1. The monoisotopic (exact) mass is 419 g/mol. The molecule has 3 rings (SSSR count). The van der Waals surface area contributed by atoms with E-state index in [0.717, 1.165) is 26.9 Å². The van der Waals surface area contributed by atoms with Crippen LogP contribution in [-0.4, -0.2) is 26.7 Å². The van der Waals surface area contributed by atoms with Crippen LogP contribution in [0.5, 0.6) is 5.75 Å². The van der Waals surface area contributed by atoms with Gasteiger partial charge in [-0.2, -0.15) is 0 Å². The molecule has 0 amide bonds. The van der Waals surface area contributed by atoms with Crippen LogP contribution in [0.1, 0.15) is 30.7 Å².